The topological polar surface area (TPSA) is 87.0 Å². The Hall–Kier alpha value is -3.09. The molecule has 2 heterocycles. The van der Waals surface area contributed by atoms with Gasteiger partial charge >= 0.3 is 254 Å². The number of methoxy groups -OCH3 is 1. The summed E-state index contributed by atoms with van der Waals surface area (Å²) < 4.78 is 10.9. The summed E-state index contributed by atoms with van der Waals surface area (Å²) in [4.78, 5) is 19.3. The molecule has 0 spiro atoms. The third kappa shape index (κ3) is 8.10. The number of amides is 1. The van der Waals surface area contributed by atoms with Crippen molar-refractivity contribution in [2.24, 2.45) is 0 Å². The summed E-state index contributed by atoms with van der Waals surface area (Å²) in [5.74, 6) is 0.628. The number of nitrogens with zero attached hydrogens (tertiary/aromatic N) is 2. The Balaban J connectivity index is 1.84. The Bertz CT molecular complexity index is 1510. The maximum atomic E-state index is 13.2. The van der Waals surface area contributed by atoms with Gasteiger partial charge in [0, 0.05) is 0 Å². The van der Waals surface area contributed by atoms with E-state index >= 15 is 0 Å². The molecule has 4 rings (SSSR count). The number of aromatic nitrogens is 1. The van der Waals surface area contributed by atoms with E-state index in [1.165, 1.54) is 60.3 Å². The second-order valence-electron chi connectivity index (χ2n) is 11.3. The molecule has 0 saturated heterocycles. The fraction of sp³-hybridized carbons (Fsp3) is 0.400. The van der Waals surface area contributed by atoms with Crippen LogP contribution < -0.4 is 18.9 Å². The van der Waals surface area contributed by atoms with Crippen LogP contribution in [-0.2, 0) is 6.54 Å². The van der Waals surface area contributed by atoms with Gasteiger partial charge in [-0.25, -0.2) is 0 Å². The molecule has 2 aromatic heterocycles. The van der Waals surface area contributed by atoms with Crippen LogP contribution in [0.3, 0.4) is 0 Å². The second kappa shape index (κ2) is 16.1. The Morgan fingerprint density at radius 1 is 0.977 bits per heavy atom. The van der Waals surface area contributed by atoms with Crippen molar-refractivity contribution in [3.05, 3.63) is 76.0 Å². The summed E-state index contributed by atoms with van der Waals surface area (Å²) >= 11 is -1.07. The summed E-state index contributed by atoms with van der Waals surface area (Å²) in [5.41, 5.74) is 2.36. The van der Waals surface area contributed by atoms with Crippen molar-refractivity contribution < 1.29 is 9.53 Å². The van der Waals surface area contributed by atoms with Crippen LogP contribution in [0, 0.1) is 11.3 Å². The first-order valence-electron chi connectivity index (χ1n) is 15.6. The normalized spacial score (nSPS) is 11.3. The summed E-state index contributed by atoms with van der Waals surface area (Å²) in [6, 6.07) is 20.2. The number of nitrogens with one attached hydrogen (secondary N) is 2. The molecule has 4 aromatic rings. The van der Waals surface area contributed by atoms with Crippen LogP contribution in [0.4, 0.5) is 11.5 Å². The third-order valence-corrected chi connectivity index (χ3v) is 24.8. The SMILES string of the molecule is CCC[CH2][Sn]([CH2]CCC)([CH2]CCC)[c]1ccc2nc(NC(=O)c3ccc(OC)cc3)c(C#N)c(NCc3cccs3)c2c1. The van der Waals surface area contributed by atoms with Crippen LogP contribution in [0.1, 0.15) is 80.1 Å². The van der Waals surface area contributed by atoms with Gasteiger partial charge in [-0.05, 0) is 0 Å². The van der Waals surface area contributed by atoms with Crippen LogP contribution in [0.15, 0.2) is 60.0 Å². The minimum atomic E-state index is -2.75. The molecule has 0 fully saturated rings. The monoisotopic (exact) mass is 704 g/mol. The number of benzene rings is 2. The quantitative estimate of drug-likeness (QED) is 0.114. The maximum absolute atomic E-state index is 13.2. The summed E-state index contributed by atoms with van der Waals surface area (Å²) in [6.45, 7) is 7.49. The van der Waals surface area contributed by atoms with E-state index in [9.17, 15) is 10.1 Å². The molecular weight excluding hydrogens is 659 g/mol. The zero-order chi connectivity index (χ0) is 30.7. The van der Waals surface area contributed by atoms with Crippen molar-refractivity contribution in [3.63, 3.8) is 0 Å². The molecular formula is C35H44N4O2SSn. The second-order valence-corrected chi connectivity index (χ2v) is 25.5. The van der Waals surface area contributed by atoms with Crippen molar-refractivity contribution in [3.8, 4) is 11.8 Å². The minimum absolute atomic E-state index is 0.273. The molecule has 0 unspecified atom stereocenters. The number of fused-ring (bicyclic) bond motifs is 1. The number of pyridine rings is 1. The Morgan fingerprint density at radius 3 is 2.21 bits per heavy atom. The number of ether oxygens (including phenoxy) is 1. The van der Waals surface area contributed by atoms with E-state index in [2.05, 4.69) is 67.1 Å². The fourth-order valence-electron chi connectivity index (χ4n) is 5.84. The molecule has 226 valence electrons. The van der Waals surface area contributed by atoms with E-state index in [1.54, 1.807) is 42.7 Å². The molecule has 0 bridgehead atoms. The van der Waals surface area contributed by atoms with Crippen molar-refractivity contribution in [2.75, 3.05) is 17.7 Å². The van der Waals surface area contributed by atoms with Gasteiger partial charge in [-0.3, -0.25) is 0 Å². The number of hydrogen-bond acceptors (Lipinski definition) is 6. The Labute approximate surface area is 264 Å². The first-order chi connectivity index (χ1) is 21.0. The van der Waals surface area contributed by atoms with Gasteiger partial charge in [-0.1, -0.05) is 0 Å². The average molecular weight is 704 g/mol. The molecule has 1 amide bonds. The molecule has 0 saturated carbocycles. The Kier molecular flexibility index (Phi) is 12.3. The molecule has 0 aliphatic heterocycles. The van der Waals surface area contributed by atoms with E-state index < -0.39 is 18.4 Å². The van der Waals surface area contributed by atoms with Gasteiger partial charge in [0.1, 0.15) is 0 Å². The fourth-order valence-corrected chi connectivity index (χ4v) is 22.5. The molecule has 0 aliphatic carbocycles. The van der Waals surface area contributed by atoms with Gasteiger partial charge < -0.3 is 4.74 Å². The number of carbonyl (C=O) groups is 1. The molecule has 2 N–H and O–H groups in total. The van der Waals surface area contributed by atoms with E-state index in [-0.39, 0.29) is 11.7 Å². The number of hydrogen-bond donors (Lipinski definition) is 2. The van der Waals surface area contributed by atoms with Crippen LogP contribution in [0.25, 0.3) is 10.9 Å². The van der Waals surface area contributed by atoms with Crippen LogP contribution in [0.5, 0.6) is 5.75 Å². The molecule has 0 atom stereocenters. The van der Waals surface area contributed by atoms with Gasteiger partial charge in [0.25, 0.3) is 0 Å². The predicted molar refractivity (Wildman–Crippen MR) is 184 cm³/mol. The van der Waals surface area contributed by atoms with Crippen LogP contribution in [-0.4, -0.2) is 36.4 Å². The van der Waals surface area contributed by atoms with Crippen molar-refractivity contribution in [1.29, 1.82) is 5.26 Å². The van der Waals surface area contributed by atoms with Crippen LogP contribution in [0.2, 0.25) is 13.3 Å². The molecule has 6 nitrogen and oxygen atoms in total. The number of thiophene rings is 1. The van der Waals surface area contributed by atoms with Crippen molar-refractivity contribution in [1.82, 2.24) is 4.98 Å². The number of carbonyl (C=O) groups excluding carboxylic acids is 1. The predicted octanol–water partition coefficient (Wildman–Crippen LogP) is 9.10. The molecule has 8 heteroatoms. The first kappa shape index (κ1) is 32.8. The summed E-state index contributed by atoms with van der Waals surface area (Å²) in [6.07, 6.45) is 7.50. The number of nitriles is 1. The number of rotatable bonds is 16. The molecule has 2 aromatic carbocycles. The number of unbranched alkanes of at least 4 members (excludes halogenated alkanes) is 3. The average Bonchev–Trinajstić information content (AvgIpc) is 3.57. The van der Waals surface area contributed by atoms with Crippen molar-refractivity contribution >= 4 is 61.6 Å². The van der Waals surface area contributed by atoms with Gasteiger partial charge in [-0.2, -0.15) is 0 Å². The standard InChI is InChI=1S/C23H17N4O2S.3C4H9.Sn/c1-29-16-10-8-15(9-11-16)23(28)27-22-19(13-24)21(25-14-17-5-4-12-30-17)18-6-2-3-7-20(18)26-22;3*1-3-4-2;/h3-12H,14H2,1H3,(H2,25,26,27,28);3*1,3-4H2,2H3;. The van der Waals surface area contributed by atoms with Crippen LogP contribution >= 0.6 is 11.3 Å². The van der Waals surface area contributed by atoms with Gasteiger partial charge in [0.05, 0.1) is 7.11 Å². The van der Waals surface area contributed by atoms with E-state index in [1.807, 2.05) is 6.07 Å². The zero-order valence-corrected chi connectivity index (χ0v) is 29.6. The van der Waals surface area contributed by atoms with Gasteiger partial charge in [0.2, 0.25) is 0 Å². The van der Waals surface area contributed by atoms with Gasteiger partial charge in [-0.15, -0.1) is 0 Å². The summed E-state index contributed by atoms with van der Waals surface area (Å²) in [5, 5.41) is 20.0. The van der Waals surface area contributed by atoms with E-state index in [0.717, 1.165) is 16.6 Å². The third-order valence-electron chi connectivity index (χ3n) is 8.34. The van der Waals surface area contributed by atoms with E-state index in [0.29, 0.717) is 23.4 Å². The van der Waals surface area contributed by atoms with Crippen molar-refractivity contribution in [2.45, 2.75) is 79.2 Å². The van der Waals surface area contributed by atoms with Gasteiger partial charge in [0.15, 0.2) is 0 Å². The first-order valence-corrected chi connectivity index (χ1v) is 23.9. The van der Waals surface area contributed by atoms with E-state index in [4.69, 9.17) is 9.72 Å². The molecule has 43 heavy (non-hydrogen) atoms. The Morgan fingerprint density at radius 2 is 1.65 bits per heavy atom. The molecule has 0 radical (unpaired) electrons. The number of anilines is 2. The zero-order valence-electron chi connectivity index (χ0n) is 26.0. The molecule has 0 aliphatic rings. The summed E-state index contributed by atoms with van der Waals surface area (Å²) in [7, 11) is 1.59.